The van der Waals surface area contributed by atoms with Crippen LogP contribution in [0.2, 0.25) is 0 Å². The largest absolute Gasteiger partial charge is 0.0636 e. The molecule has 10 aromatic carbocycles. The monoisotopic (exact) mass is 613 g/mol. The topological polar surface area (TPSA) is 0 Å². The Labute approximate surface area is 289 Å². The van der Waals surface area contributed by atoms with E-state index in [0.29, 0.717) is 44.2 Å². The second-order valence-corrected chi connectivity index (χ2v) is 12.3. The van der Waals surface area contributed by atoms with Crippen LogP contribution in [0.4, 0.5) is 0 Å². The highest BCUT2D eigenvalue weighted by atomic mass is 14.2. The molecule has 0 aliphatic carbocycles. The standard InChI is InChI=1S/C48H30/c1-3-13-33-27-35(23-21-31(33)11-1)36-25-26-44-46(29-36)48(45-30-37-15-5-6-16-39(37)40-17-7-8-18-41(40)45)43-20-10-9-19-42(43)47(44)38-24-22-32-12-2-4-14-34(32)28-38/h1-30H/i9D,10D,19D,20D,25D,26D,29D. The maximum Gasteiger partial charge on any atom is 0.0636 e. The fourth-order valence-electron chi connectivity index (χ4n) is 7.37. The zero-order chi connectivity index (χ0) is 37.7. The first-order chi connectivity index (χ1) is 26.7. The minimum atomic E-state index is -0.385. The molecule has 0 aliphatic rings. The van der Waals surface area contributed by atoms with Crippen molar-refractivity contribution in [1.82, 2.24) is 0 Å². The Morgan fingerprint density at radius 2 is 0.854 bits per heavy atom. The molecule has 0 amide bonds. The smallest absolute Gasteiger partial charge is 0.0616 e. The molecule has 0 N–H and O–H groups in total. The van der Waals surface area contributed by atoms with Crippen LogP contribution in [0.1, 0.15) is 9.60 Å². The lowest BCUT2D eigenvalue weighted by atomic mass is 9.82. The molecule has 0 fully saturated rings. The molecule has 0 radical (unpaired) electrons. The lowest BCUT2D eigenvalue weighted by Crippen LogP contribution is -1.93. The first kappa shape index (κ1) is 20.8. The molecule has 222 valence electrons. The Balaban J connectivity index is 1.50. The van der Waals surface area contributed by atoms with Crippen molar-refractivity contribution in [2.75, 3.05) is 0 Å². The summed E-state index contributed by atoms with van der Waals surface area (Å²) in [6.45, 7) is 0. The maximum atomic E-state index is 10.2. The molecule has 0 heteroatoms. The van der Waals surface area contributed by atoms with Crippen LogP contribution in [0.15, 0.2) is 182 Å². The third-order valence-corrected chi connectivity index (χ3v) is 9.61. The second-order valence-electron chi connectivity index (χ2n) is 12.3. The third-order valence-electron chi connectivity index (χ3n) is 9.61. The molecule has 0 aromatic heterocycles. The van der Waals surface area contributed by atoms with E-state index in [9.17, 15) is 6.85 Å². The molecule has 0 saturated carbocycles. The molecular weight excluding hydrogens is 577 g/mol. The average Bonchev–Trinajstić information content (AvgIpc) is 3.22. The highest BCUT2D eigenvalue weighted by molar-refractivity contribution is 6.26. The Kier molecular flexibility index (Phi) is 4.62. The molecule has 10 rings (SSSR count). The summed E-state index contributed by atoms with van der Waals surface area (Å²) in [5.74, 6) is 0. The van der Waals surface area contributed by atoms with Gasteiger partial charge in [0.2, 0.25) is 0 Å². The Morgan fingerprint density at radius 1 is 0.312 bits per heavy atom. The zero-order valence-corrected chi connectivity index (χ0v) is 25.8. The van der Waals surface area contributed by atoms with Crippen LogP contribution in [-0.2, 0) is 0 Å². The molecule has 0 atom stereocenters. The van der Waals surface area contributed by atoms with Gasteiger partial charge in [-0.1, -0.05) is 158 Å². The molecule has 0 nitrogen and oxygen atoms in total. The van der Waals surface area contributed by atoms with E-state index in [4.69, 9.17) is 2.74 Å². The normalized spacial score (nSPS) is 13.8. The van der Waals surface area contributed by atoms with Crippen molar-refractivity contribution in [2.24, 2.45) is 0 Å². The van der Waals surface area contributed by atoms with Gasteiger partial charge in [0.25, 0.3) is 0 Å². The summed E-state index contributed by atoms with van der Waals surface area (Å²) in [6.07, 6.45) is 0. The first-order valence-corrected chi connectivity index (χ1v) is 16.1. The van der Waals surface area contributed by atoms with Gasteiger partial charge in [-0.25, -0.2) is 0 Å². The number of fused-ring (bicyclic) bond motifs is 7. The van der Waals surface area contributed by atoms with E-state index >= 15 is 0 Å². The van der Waals surface area contributed by atoms with E-state index in [2.05, 4.69) is 6.07 Å². The summed E-state index contributed by atoms with van der Waals surface area (Å²) in [5, 5.41) is 8.84. The maximum absolute atomic E-state index is 10.2. The van der Waals surface area contributed by atoms with E-state index in [0.717, 1.165) is 43.1 Å². The molecule has 0 saturated heterocycles. The van der Waals surface area contributed by atoms with Crippen LogP contribution in [0, 0.1) is 0 Å². The van der Waals surface area contributed by atoms with Crippen molar-refractivity contribution in [3.05, 3.63) is 182 Å². The zero-order valence-electron chi connectivity index (χ0n) is 32.8. The van der Waals surface area contributed by atoms with Crippen LogP contribution in [0.25, 0.3) is 98.0 Å². The van der Waals surface area contributed by atoms with Gasteiger partial charge in [-0.05, 0) is 122 Å². The van der Waals surface area contributed by atoms with Crippen LogP contribution in [-0.4, -0.2) is 0 Å². The number of hydrogen-bond acceptors (Lipinski definition) is 0. The van der Waals surface area contributed by atoms with Crippen molar-refractivity contribution in [3.8, 4) is 33.4 Å². The minimum Gasteiger partial charge on any atom is -0.0616 e. The van der Waals surface area contributed by atoms with E-state index in [1.54, 1.807) is 0 Å². The van der Waals surface area contributed by atoms with Gasteiger partial charge in [-0.2, -0.15) is 0 Å². The predicted molar refractivity (Wildman–Crippen MR) is 208 cm³/mol. The van der Waals surface area contributed by atoms with Crippen LogP contribution in [0.3, 0.4) is 0 Å². The summed E-state index contributed by atoms with van der Waals surface area (Å²) >= 11 is 0. The van der Waals surface area contributed by atoms with Gasteiger partial charge in [0.1, 0.15) is 0 Å². The molecule has 0 spiro atoms. The van der Waals surface area contributed by atoms with E-state index < -0.39 is 0 Å². The van der Waals surface area contributed by atoms with Gasteiger partial charge >= 0.3 is 0 Å². The Bertz CT molecular complexity index is 3290. The summed E-state index contributed by atoms with van der Waals surface area (Å²) in [4.78, 5) is 0. The molecular formula is C48H30. The molecule has 10 aromatic rings. The second kappa shape index (κ2) is 10.7. The average molecular weight is 614 g/mol. The summed E-state index contributed by atoms with van der Waals surface area (Å²) in [6, 6.07) is 44.1. The van der Waals surface area contributed by atoms with Gasteiger partial charge in [0, 0.05) is 0 Å². The van der Waals surface area contributed by atoms with Gasteiger partial charge < -0.3 is 0 Å². The lowest BCUT2D eigenvalue weighted by Gasteiger charge is -2.20. The van der Waals surface area contributed by atoms with Crippen LogP contribution >= 0.6 is 0 Å². The van der Waals surface area contributed by atoms with Crippen molar-refractivity contribution >= 4 is 64.6 Å². The first-order valence-electron chi connectivity index (χ1n) is 19.6. The summed E-state index contributed by atoms with van der Waals surface area (Å²) < 4.78 is 66.6. The highest BCUT2D eigenvalue weighted by Gasteiger charge is 2.20. The van der Waals surface area contributed by atoms with Crippen molar-refractivity contribution in [2.45, 2.75) is 0 Å². The van der Waals surface area contributed by atoms with E-state index in [1.165, 1.54) is 0 Å². The van der Waals surface area contributed by atoms with E-state index in [-0.39, 0.29) is 53.1 Å². The minimum absolute atomic E-state index is 0.0230. The van der Waals surface area contributed by atoms with Gasteiger partial charge in [-0.15, -0.1) is 0 Å². The molecule has 0 heterocycles. The van der Waals surface area contributed by atoms with Crippen molar-refractivity contribution < 1.29 is 9.60 Å². The summed E-state index contributed by atoms with van der Waals surface area (Å²) in [7, 11) is 0. The Morgan fingerprint density at radius 3 is 1.58 bits per heavy atom. The third kappa shape index (κ3) is 4.16. The van der Waals surface area contributed by atoms with Gasteiger partial charge in [0.15, 0.2) is 0 Å². The number of hydrogen-bond donors (Lipinski definition) is 0. The quantitative estimate of drug-likeness (QED) is 0.137. The van der Waals surface area contributed by atoms with Crippen molar-refractivity contribution in [1.29, 1.82) is 0 Å². The number of benzene rings is 10. The van der Waals surface area contributed by atoms with Gasteiger partial charge in [-0.3, -0.25) is 0 Å². The molecule has 0 aliphatic heterocycles. The number of rotatable bonds is 3. The summed E-state index contributed by atoms with van der Waals surface area (Å²) in [5.41, 5.74) is 3.10. The van der Waals surface area contributed by atoms with Crippen LogP contribution in [0.5, 0.6) is 0 Å². The molecule has 0 unspecified atom stereocenters. The van der Waals surface area contributed by atoms with Crippen molar-refractivity contribution in [3.63, 3.8) is 0 Å². The Hall–Kier alpha value is -6.24. The van der Waals surface area contributed by atoms with E-state index in [1.807, 2.05) is 133 Å². The lowest BCUT2D eigenvalue weighted by molar-refractivity contribution is 1.66. The molecule has 48 heavy (non-hydrogen) atoms. The van der Waals surface area contributed by atoms with Crippen LogP contribution < -0.4 is 0 Å². The molecule has 0 bridgehead atoms. The predicted octanol–water partition coefficient (Wildman–Crippen LogP) is 13.6. The SMILES string of the molecule is [2H]c1c([2H])c([2H])c2c(-c3cc4ccccc4c4ccccc34)c3c([2H])c(-c4ccc5ccccc5c4)c([2H])c([2H])c3c(-c3ccc4ccccc4c3)c2c1[2H]. The fourth-order valence-corrected chi connectivity index (χ4v) is 7.37. The highest BCUT2D eigenvalue weighted by Crippen LogP contribution is 2.47. The fraction of sp³-hybridized carbons (Fsp3) is 0. The van der Waals surface area contributed by atoms with Gasteiger partial charge in [0.05, 0.1) is 9.60 Å².